The number of methoxy groups -OCH3 is 2. The predicted octanol–water partition coefficient (Wildman–Crippen LogP) is 4.27. The molecule has 14 heteroatoms. The van der Waals surface area contributed by atoms with Gasteiger partial charge in [0.25, 0.3) is 12.4 Å². The number of ether oxygens (including phenoxy) is 3. The van der Waals surface area contributed by atoms with Gasteiger partial charge in [-0.3, -0.25) is 29.1 Å². The van der Waals surface area contributed by atoms with E-state index in [-0.39, 0.29) is 49.6 Å². The molecule has 2 aliphatic heterocycles. The monoisotopic (exact) mass is 731 g/mol. The number of aliphatic hydroxyl groups is 1. The van der Waals surface area contributed by atoms with Crippen LogP contribution >= 0.6 is 0 Å². The summed E-state index contributed by atoms with van der Waals surface area (Å²) in [5, 5.41) is 18.0. The number of aliphatic hydroxyl groups excluding tert-OH is 1. The molecule has 0 saturated heterocycles. The number of nitrogens with zero attached hydrogens (tertiary/aromatic N) is 2. The van der Waals surface area contributed by atoms with Crippen LogP contribution in [0.3, 0.4) is 0 Å². The Labute approximate surface area is 309 Å². The van der Waals surface area contributed by atoms with Gasteiger partial charge in [0.2, 0.25) is 11.8 Å². The maximum Gasteiger partial charge on any atom is 0.292 e. The fourth-order valence-electron chi connectivity index (χ4n) is 5.52. The van der Waals surface area contributed by atoms with Gasteiger partial charge in [0.1, 0.15) is 12.9 Å². The molecule has 0 radical (unpaired) electrons. The van der Waals surface area contributed by atoms with E-state index in [1.54, 1.807) is 49.2 Å². The Balaban J connectivity index is 0.000000426. The second kappa shape index (κ2) is 21.7. The minimum absolute atomic E-state index is 0.0226. The Hall–Kier alpha value is -5.60. The lowest BCUT2D eigenvalue weighted by Gasteiger charge is -2.22. The zero-order chi connectivity index (χ0) is 38.8. The van der Waals surface area contributed by atoms with Crippen LogP contribution in [0.2, 0.25) is 0 Å². The van der Waals surface area contributed by atoms with Crippen molar-refractivity contribution in [1.82, 2.24) is 10.6 Å². The topological polar surface area (TPSA) is 185 Å². The van der Waals surface area contributed by atoms with Crippen molar-refractivity contribution >= 4 is 53.8 Å². The maximum absolute atomic E-state index is 13.6. The zero-order valence-corrected chi connectivity index (χ0v) is 30.8. The largest absolute Gasteiger partial charge is 0.493 e. The number of nitrogens with one attached hydrogen (secondary N) is 3. The minimum Gasteiger partial charge on any atom is -0.493 e. The number of carbonyl (C=O) groups is 5. The number of aliphatic imine (C=N–C) groups is 1. The summed E-state index contributed by atoms with van der Waals surface area (Å²) in [5.41, 5.74) is 4.92. The normalized spacial score (nSPS) is 14.0. The number of benzene rings is 3. The van der Waals surface area contributed by atoms with E-state index in [0.717, 1.165) is 36.1 Å². The summed E-state index contributed by atoms with van der Waals surface area (Å²) in [5.74, 6) is 0.498. The molecule has 0 spiro atoms. The van der Waals surface area contributed by atoms with Gasteiger partial charge in [0, 0.05) is 36.5 Å². The van der Waals surface area contributed by atoms with E-state index >= 15 is 0 Å². The van der Waals surface area contributed by atoms with E-state index in [1.807, 2.05) is 30.5 Å². The number of fused-ring (bicyclic) bond motifs is 4. The van der Waals surface area contributed by atoms with Gasteiger partial charge in [0.05, 0.1) is 50.7 Å². The molecule has 0 fully saturated rings. The standard InChI is InChI=1S/C29H30N4O5.C8H15NO2.C2H4O2/c1-17(30-2)28(35)32-21-9-18(15-34)8-19(10-21)16-38-27-13-24-23(12-26(27)37-3)29(36)33-22(14-31-24)11-20-6-4-5-7-25(20)33;1-2-3-4-5-8(11)9-6-7-10;1-4-2-3/h4-10,12-14,17,22,30,34H,11,15-16H2,1-3H3,(H,32,35);7H,2-6H2,1H3,(H,9,11);2H,1H3. The Morgan fingerprint density at radius 1 is 1.06 bits per heavy atom. The van der Waals surface area contributed by atoms with E-state index < -0.39 is 0 Å². The number of para-hydroxylation sites is 1. The van der Waals surface area contributed by atoms with E-state index in [0.29, 0.717) is 59.6 Å². The van der Waals surface area contributed by atoms with Crippen molar-refractivity contribution < 1.29 is 43.3 Å². The van der Waals surface area contributed by atoms with Crippen LogP contribution < -0.4 is 30.3 Å². The van der Waals surface area contributed by atoms with Gasteiger partial charge >= 0.3 is 0 Å². The first-order valence-electron chi connectivity index (χ1n) is 17.3. The molecule has 0 bridgehead atoms. The lowest BCUT2D eigenvalue weighted by molar-refractivity contribution is -0.126. The first-order chi connectivity index (χ1) is 25.6. The van der Waals surface area contributed by atoms with Crippen LogP contribution in [0.1, 0.15) is 66.6 Å². The second-order valence-electron chi connectivity index (χ2n) is 12.1. The molecule has 4 N–H and O–H groups in total. The molecule has 2 atom stereocenters. The first kappa shape index (κ1) is 41.8. The van der Waals surface area contributed by atoms with Gasteiger partial charge in [-0.25, -0.2) is 0 Å². The third kappa shape index (κ3) is 12.0. The molecule has 2 aliphatic rings. The van der Waals surface area contributed by atoms with Crippen molar-refractivity contribution in [2.24, 2.45) is 4.99 Å². The Bertz CT molecular complexity index is 1750. The quantitative estimate of drug-likeness (QED) is 0.130. The highest BCUT2D eigenvalue weighted by atomic mass is 16.5. The number of aldehydes is 1. The SMILES string of the molecule is CCCCCC(=O)NCC=O.CNC(C)C(=O)Nc1cc(CO)cc(COc2cc3c(cc2OC)C(=O)N2c4ccccc4CC2C=N3)c1.COC=O. The number of rotatable bonds is 15. The molecule has 284 valence electrons. The van der Waals surface area contributed by atoms with Crippen LogP contribution in [0.15, 0.2) is 59.6 Å². The Morgan fingerprint density at radius 3 is 2.45 bits per heavy atom. The third-order valence-corrected chi connectivity index (χ3v) is 8.34. The average molecular weight is 732 g/mol. The van der Waals surface area contributed by atoms with Crippen LogP contribution in [0.25, 0.3) is 0 Å². The molecule has 53 heavy (non-hydrogen) atoms. The van der Waals surface area contributed by atoms with E-state index in [1.165, 1.54) is 14.2 Å². The van der Waals surface area contributed by atoms with Crippen LogP contribution in [0.5, 0.6) is 11.5 Å². The molecule has 0 aliphatic carbocycles. The highest BCUT2D eigenvalue weighted by molar-refractivity contribution is 6.14. The highest BCUT2D eigenvalue weighted by Gasteiger charge is 2.36. The molecule has 3 aromatic carbocycles. The molecule has 3 aromatic rings. The number of hydrogen-bond donors (Lipinski definition) is 4. The fraction of sp³-hybridized carbons (Fsp3) is 0.385. The van der Waals surface area contributed by atoms with Gasteiger partial charge in [-0.15, -0.1) is 0 Å². The number of amides is 3. The molecule has 2 unspecified atom stereocenters. The van der Waals surface area contributed by atoms with E-state index in [4.69, 9.17) is 14.3 Å². The van der Waals surface area contributed by atoms with Crippen molar-refractivity contribution in [1.29, 1.82) is 0 Å². The number of carbonyl (C=O) groups excluding carboxylic acids is 5. The summed E-state index contributed by atoms with van der Waals surface area (Å²) in [6, 6.07) is 16.1. The number of likely N-dealkylation sites (N-methyl/N-ethyl adjacent to an activating group) is 1. The fourth-order valence-corrected chi connectivity index (χ4v) is 5.52. The highest BCUT2D eigenvalue weighted by Crippen LogP contribution is 2.41. The van der Waals surface area contributed by atoms with Crippen LogP contribution in [0.4, 0.5) is 17.1 Å². The number of unbranched alkanes of at least 4 members (excludes halogenated alkanes) is 2. The van der Waals surface area contributed by atoms with E-state index in [2.05, 4.69) is 32.6 Å². The zero-order valence-electron chi connectivity index (χ0n) is 30.8. The predicted molar refractivity (Wildman–Crippen MR) is 202 cm³/mol. The average Bonchev–Trinajstić information content (AvgIpc) is 3.50. The van der Waals surface area contributed by atoms with Crippen molar-refractivity contribution in [3.8, 4) is 11.5 Å². The molecule has 0 saturated carbocycles. The van der Waals surface area contributed by atoms with Crippen molar-refractivity contribution in [3.05, 3.63) is 76.9 Å². The van der Waals surface area contributed by atoms with Gasteiger partial charge in [0.15, 0.2) is 11.5 Å². The summed E-state index contributed by atoms with van der Waals surface area (Å²) < 4.78 is 15.5. The summed E-state index contributed by atoms with van der Waals surface area (Å²) in [4.78, 5) is 61.9. The Kier molecular flexibility index (Phi) is 17.1. The third-order valence-electron chi connectivity index (χ3n) is 8.34. The smallest absolute Gasteiger partial charge is 0.292 e. The minimum atomic E-state index is -0.371. The maximum atomic E-state index is 13.6. The molecule has 3 amide bonds. The summed E-state index contributed by atoms with van der Waals surface area (Å²) in [6.07, 6.45) is 6.87. The van der Waals surface area contributed by atoms with Gasteiger partial charge in [-0.1, -0.05) is 38.0 Å². The second-order valence-corrected chi connectivity index (χ2v) is 12.1. The van der Waals surface area contributed by atoms with Gasteiger partial charge < -0.3 is 40.1 Å². The first-order valence-corrected chi connectivity index (χ1v) is 17.3. The molecule has 0 aromatic heterocycles. The molecule has 14 nitrogen and oxygen atoms in total. The molecule has 2 heterocycles. The van der Waals surface area contributed by atoms with Crippen LogP contribution in [0, 0.1) is 0 Å². The van der Waals surface area contributed by atoms with Crippen LogP contribution in [-0.2, 0) is 43.5 Å². The number of anilines is 2. The summed E-state index contributed by atoms with van der Waals surface area (Å²) >= 11 is 0. The van der Waals surface area contributed by atoms with Crippen molar-refractivity contribution in [2.75, 3.05) is 38.0 Å². The lowest BCUT2D eigenvalue weighted by Crippen LogP contribution is -2.37. The summed E-state index contributed by atoms with van der Waals surface area (Å²) in [7, 11) is 4.55. The van der Waals surface area contributed by atoms with Crippen molar-refractivity contribution in [3.63, 3.8) is 0 Å². The molecular formula is C39H49N5O9. The van der Waals surface area contributed by atoms with Gasteiger partial charge in [-0.2, -0.15) is 0 Å². The van der Waals surface area contributed by atoms with E-state index in [9.17, 15) is 24.3 Å². The molecular weight excluding hydrogens is 682 g/mol. The summed E-state index contributed by atoms with van der Waals surface area (Å²) in [6.45, 7) is 4.33. The van der Waals surface area contributed by atoms with Crippen molar-refractivity contribution in [2.45, 2.75) is 71.2 Å². The van der Waals surface area contributed by atoms with Crippen LogP contribution in [-0.4, -0.2) is 81.7 Å². The Morgan fingerprint density at radius 2 is 1.79 bits per heavy atom. The number of hydrogen-bond acceptors (Lipinski definition) is 11. The van der Waals surface area contributed by atoms with Gasteiger partial charge in [-0.05, 0) is 67.4 Å². The molecule has 5 rings (SSSR count). The lowest BCUT2D eigenvalue weighted by atomic mass is 10.1.